The molecule has 2 rings (SSSR count). The molecule has 1 aliphatic rings. The zero-order valence-electron chi connectivity index (χ0n) is 10.1. The number of hydrogen-bond donors (Lipinski definition) is 3. The van der Waals surface area contributed by atoms with Gasteiger partial charge in [0.05, 0.1) is 12.3 Å². The third-order valence-corrected chi connectivity index (χ3v) is 2.44. The zero-order valence-corrected chi connectivity index (χ0v) is 10.1. The molecule has 3 N–H and O–H groups in total. The van der Waals surface area contributed by atoms with Crippen molar-refractivity contribution >= 4 is 18.0 Å². The zero-order chi connectivity index (χ0) is 13.8. The highest BCUT2D eigenvalue weighted by Gasteiger charge is 2.21. The molecule has 2 atom stereocenters. The summed E-state index contributed by atoms with van der Waals surface area (Å²) in [5.74, 6) is -0.180. The Balaban J connectivity index is 1.88. The van der Waals surface area contributed by atoms with Crippen molar-refractivity contribution < 1.29 is 14.1 Å². The van der Waals surface area contributed by atoms with E-state index in [9.17, 15) is 14.9 Å². The van der Waals surface area contributed by atoms with Crippen molar-refractivity contribution in [2.75, 3.05) is 0 Å². The van der Waals surface area contributed by atoms with Crippen molar-refractivity contribution in [1.82, 2.24) is 16.1 Å². The number of hydrazone groups is 1. The van der Waals surface area contributed by atoms with E-state index in [0.29, 0.717) is 6.42 Å². The third kappa shape index (κ3) is 3.52. The Bertz CT molecular complexity index is 512. The normalized spacial score (nSPS) is 23.3. The van der Waals surface area contributed by atoms with Crippen molar-refractivity contribution in [3.63, 3.8) is 0 Å². The molecule has 1 amide bonds. The van der Waals surface area contributed by atoms with Gasteiger partial charge in [-0.15, -0.1) is 0 Å². The van der Waals surface area contributed by atoms with Gasteiger partial charge in [-0.05, 0) is 13.0 Å². The van der Waals surface area contributed by atoms with Gasteiger partial charge < -0.3 is 9.73 Å². The summed E-state index contributed by atoms with van der Waals surface area (Å²) < 4.78 is 4.88. The van der Waals surface area contributed by atoms with Crippen molar-refractivity contribution in [3.05, 3.63) is 28.0 Å². The van der Waals surface area contributed by atoms with Gasteiger partial charge in [0, 0.05) is 12.5 Å². The molecule has 0 spiro atoms. The van der Waals surface area contributed by atoms with Crippen LogP contribution < -0.4 is 16.1 Å². The van der Waals surface area contributed by atoms with E-state index in [-0.39, 0.29) is 23.6 Å². The van der Waals surface area contributed by atoms with Gasteiger partial charge >= 0.3 is 5.88 Å². The molecule has 19 heavy (non-hydrogen) atoms. The second-order valence-electron chi connectivity index (χ2n) is 4.09. The number of nitrogens with zero attached hydrogens (tertiary/aromatic N) is 2. The molecule has 102 valence electrons. The fourth-order valence-electron chi connectivity index (χ4n) is 1.64. The van der Waals surface area contributed by atoms with E-state index in [1.807, 2.05) is 6.92 Å². The fourth-order valence-corrected chi connectivity index (χ4v) is 1.64. The number of nitrogens with one attached hydrogen (secondary N) is 3. The Labute approximate surface area is 108 Å². The Morgan fingerprint density at radius 2 is 2.42 bits per heavy atom. The first-order valence-corrected chi connectivity index (χ1v) is 5.63. The van der Waals surface area contributed by atoms with Crippen molar-refractivity contribution in [3.8, 4) is 0 Å². The summed E-state index contributed by atoms with van der Waals surface area (Å²) in [6.07, 6.45) is 1.23. The number of carbonyl (C=O) groups excluding carboxylic acids is 1. The summed E-state index contributed by atoms with van der Waals surface area (Å²) in [4.78, 5) is 21.0. The fraction of sp³-hybridized carbons (Fsp3) is 0.400. The molecular weight excluding hydrogens is 254 g/mol. The number of furan rings is 1. The van der Waals surface area contributed by atoms with E-state index >= 15 is 0 Å². The van der Waals surface area contributed by atoms with Crippen LogP contribution in [-0.4, -0.2) is 29.4 Å². The molecule has 2 unspecified atom stereocenters. The number of nitro groups is 1. The van der Waals surface area contributed by atoms with Crippen LogP contribution in [0.15, 0.2) is 21.7 Å². The maximum absolute atomic E-state index is 11.3. The highest BCUT2D eigenvalue weighted by atomic mass is 16.6. The highest BCUT2D eigenvalue weighted by molar-refractivity contribution is 5.78. The molecule has 2 heterocycles. The second kappa shape index (κ2) is 5.48. The standard InChI is InChI=1S/C10H13N5O4/c1-6-4-8(16)13-10(12-6)14-11-5-7-2-3-9(19-7)15(17)18/h2-3,5-6,10,12,14H,4H2,1H3,(H,13,16)/b11-5+. The van der Waals surface area contributed by atoms with Crippen LogP contribution in [-0.2, 0) is 4.79 Å². The topological polar surface area (TPSA) is 122 Å². The van der Waals surface area contributed by atoms with Crippen molar-refractivity contribution in [2.24, 2.45) is 5.10 Å². The Morgan fingerprint density at radius 3 is 3.05 bits per heavy atom. The highest BCUT2D eigenvalue weighted by Crippen LogP contribution is 2.13. The van der Waals surface area contributed by atoms with E-state index in [4.69, 9.17) is 4.42 Å². The van der Waals surface area contributed by atoms with E-state index in [1.54, 1.807) is 0 Å². The molecule has 0 aliphatic carbocycles. The number of rotatable bonds is 4. The molecule has 0 radical (unpaired) electrons. The largest absolute Gasteiger partial charge is 0.433 e. The van der Waals surface area contributed by atoms with Crippen molar-refractivity contribution in [2.45, 2.75) is 25.7 Å². The van der Waals surface area contributed by atoms with Crippen molar-refractivity contribution in [1.29, 1.82) is 0 Å². The lowest BCUT2D eigenvalue weighted by molar-refractivity contribution is -0.402. The number of amides is 1. The van der Waals surface area contributed by atoms with Gasteiger partial charge in [0.25, 0.3) is 0 Å². The van der Waals surface area contributed by atoms with Gasteiger partial charge in [-0.2, -0.15) is 5.10 Å². The maximum Gasteiger partial charge on any atom is 0.433 e. The van der Waals surface area contributed by atoms with Crippen LogP contribution in [0.5, 0.6) is 0 Å². The molecule has 9 heteroatoms. The van der Waals surface area contributed by atoms with Crippen LogP contribution in [0.25, 0.3) is 0 Å². The second-order valence-corrected chi connectivity index (χ2v) is 4.09. The predicted octanol–water partition coefficient (Wildman–Crippen LogP) is -0.107. The first kappa shape index (κ1) is 13.0. The summed E-state index contributed by atoms with van der Waals surface area (Å²) in [5.41, 5.74) is 2.67. The Kier molecular flexibility index (Phi) is 3.76. The lowest BCUT2D eigenvalue weighted by Gasteiger charge is -2.28. The molecule has 9 nitrogen and oxygen atoms in total. The van der Waals surface area contributed by atoms with Crippen LogP contribution in [0.4, 0.5) is 5.88 Å². The average molecular weight is 267 g/mol. The van der Waals surface area contributed by atoms with Gasteiger partial charge in [0.2, 0.25) is 5.91 Å². The molecule has 0 bridgehead atoms. The molecule has 1 saturated heterocycles. The lowest BCUT2D eigenvalue weighted by Crippen LogP contribution is -2.60. The Morgan fingerprint density at radius 1 is 1.63 bits per heavy atom. The predicted molar refractivity (Wildman–Crippen MR) is 65.2 cm³/mol. The molecular formula is C10H13N5O4. The van der Waals surface area contributed by atoms with Crippen LogP contribution in [0.3, 0.4) is 0 Å². The van der Waals surface area contributed by atoms with Crippen LogP contribution in [0.1, 0.15) is 19.1 Å². The van der Waals surface area contributed by atoms with Gasteiger partial charge in [-0.1, -0.05) is 0 Å². The quantitative estimate of drug-likeness (QED) is 0.397. The Hall–Kier alpha value is -2.42. The van der Waals surface area contributed by atoms with E-state index in [1.165, 1.54) is 18.3 Å². The minimum absolute atomic E-state index is 0.0474. The van der Waals surface area contributed by atoms with E-state index in [0.717, 1.165) is 0 Å². The summed E-state index contributed by atoms with van der Waals surface area (Å²) in [7, 11) is 0. The minimum Gasteiger partial charge on any atom is -0.400 e. The lowest BCUT2D eigenvalue weighted by atomic mass is 10.2. The molecule has 1 aromatic rings. The number of hydrogen-bond acceptors (Lipinski definition) is 7. The van der Waals surface area contributed by atoms with Crippen LogP contribution >= 0.6 is 0 Å². The van der Waals surface area contributed by atoms with Crippen LogP contribution in [0, 0.1) is 10.1 Å². The summed E-state index contributed by atoms with van der Waals surface area (Å²) in [6.45, 7) is 1.88. The van der Waals surface area contributed by atoms with Gasteiger partial charge in [0.15, 0.2) is 12.0 Å². The molecule has 1 fully saturated rings. The first-order valence-electron chi connectivity index (χ1n) is 5.63. The minimum atomic E-state index is -0.630. The molecule has 0 saturated carbocycles. The monoisotopic (exact) mass is 267 g/mol. The van der Waals surface area contributed by atoms with Gasteiger partial charge in [-0.25, -0.2) is 0 Å². The molecule has 1 aliphatic heterocycles. The maximum atomic E-state index is 11.3. The van der Waals surface area contributed by atoms with Gasteiger partial charge in [0.1, 0.15) is 4.92 Å². The summed E-state index contributed by atoms with van der Waals surface area (Å²) in [5, 5.41) is 19.9. The first-order chi connectivity index (χ1) is 9.04. The molecule has 1 aromatic heterocycles. The molecule has 0 aromatic carbocycles. The SMILES string of the molecule is CC1CC(=O)NC(N/N=C/c2ccc([N+](=O)[O-])o2)N1. The average Bonchev–Trinajstić information content (AvgIpc) is 2.76. The third-order valence-electron chi connectivity index (χ3n) is 2.44. The van der Waals surface area contributed by atoms with Crippen LogP contribution in [0.2, 0.25) is 0 Å². The summed E-state index contributed by atoms with van der Waals surface area (Å²) >= 11 is 0. The smallest absolute Gasteiger partial charge is 0.400 e. The number of carbonyl (C=O) groups is 1. The van der Waals surface area contributed by atoms with E-state index < -0.39 is 11.2 Å². The summed E-state index contributed by atoms with van der Waals surface area (Å²) in [6, 6.07) is 2.72. The van der Waals surface area contributed by atoms with Gasteiger partial charge in [-0.3, -0.25) is 25.7 Å². The van der Waals surface area contributed by atoms with E-state index in [2.05, 4.69) is 21.2 Å².